The lowest BCUT2D eigenvalue weighted by molar-refractivity contribution is -0.220. The van der Waals surface area contributed by atoms with Crippen LogP contribution in [0.25, 0.3) is 0 Å². The van der Waals surface area contributed by atoms with Gasteiger partial charge in [0.05, 0.1) is 31.3 Å². The third-order valence-electron chi connectivity index (χ3n) is 11.4. The molecule has 344 valence electrons. The third-order valence-corrected chi connectivity index (χ3v) is 12.4. The van der Waals surface area contributed by atoms with Gasteiger partial charge >= 0.3 is 7.82 Å². The molecule has 1 amide bonds. The number of aliphatic hydroxyl groups excluding tert-OH is 7. The molecule has 14 heteroatoms. The molecule has 0 bridgehead atoms. The zero-order valence-electron chi connectivity index (χ0n) is 36.2. The van der Waals surface area contributed by atoms with Gasteiger partial charge in [-0.15, -0.1) is 0 Å². The Morgan fingerprint density at radius 2 is 0.966 bits per heavy atom. The van der Waals surface area contributed by atoms with Crippen LogP contribution in [-0.4, -0.2) is 108 Å². The van der Waals surface area contributed by atoms with Gasteiger partial charge in [-0.3, -0.25) is 13.8 Å². The topological polar surface area (TPSA) is 226 Å². The Morgan fingerprint density at radius 1 is 0.586 bits per heavy atom. The molecule has 0 aromatic rings. The summed E-state index contributed by atoms with van der Waals surface area (Å²) in [4.78, 5) is 23.4. The van der Waals surface area contributed by atoms with Crippen LogP contribution in [-0.2, 0) is 18.4 Å². The fourth-order valence-corrected chi connectivity index (χ4v) is 8.50. The first-order chi connectivity index (χ1) is 27.8. The Morgan fingerprint density at radius 3 is 1.43 bits per heavy atom. The van der Waals surface area contributed by atoms with E-state index in [0.29, 0.717) is 12.8 Å². The zero-order valence-corrected chi connectivity index (χ0v) is 37.1. The summed E-state index contributed by atoms with van der Waals surface area (Å²) >= 11 is 0. The Hall–Kier alpha value is -0.960. The van der Waals surface area contributed by atoms with Gasteiger partial charge in [0.15, 0.2) is 0 Å². The van der Waals surface area contributed by atoms with E-state index < -0.39 is 75.2 Å². The Labute approximate surface area is 351 Å². The fraction of sp³-hybridized carbons (Fsp3) is 0.932. The van der Waals surface area contributed by atoms with E-state index in [2.05, 4.69) is 31.3 Å². The first-order valence-corrected chi connectivity index (χ1v) is 24.7. The number of hydrogen-bond acceptors (Lipinski definition) is 11. The number of hydrogen-bond donors (Lipinski definition) is 9. The molecule has 0 aromatic carbocycles. The molecular formula is C44H86NO12P. The van der Waals surface area contributed by atoms with E-state index in [4.69, 9.17) is 9.05 Å². The molecule has 0 saturated heterocycles. The molecule has 58 heavy (non-hydrogen) atoms. The monoisotopic (exact) mass is 852 g/mol. The number of unbranched alkanes of at least 4 members (excludes halogenated alkanes) is 23. The summed E-state index contributed by atoms with van der Waals surface area (Å²) in [5.41, 5.74) is 0. The van der Waals surface area contributed by atoms with Crippen LogP contribution in [0.3, 0.4) is 0 Å². The van der Waals surface area contributed by atoms with Gasteiger partial charge in [0.25, 0.3) is 0 Å². The summed E-state index contributed by atoms with van der Waals surface area (Å²) in [7, 11) is -5.11. The lowest BCUT2D eigenvalue weighted by Gasteiger charge is -2.41. The number of allylic oxidation sites excluding steroid dienone is 2. The SMILES string of the molecule is CCCCCCCCCCC/C=C\CCCCCC(O)CC(=O)NC(COP(=O)(O)OC1C(O)C(O)C(O)C(O)C1O)C(O)CCCCCCCCCCCCCC. The molecule has 0 aromatic heterocycles. The number of nitrogens with one attached hydrogen (secondary N) is 1. The van der Waals surface area contributed by atoms with Crippen molar-refractivity contribution in [2.24, 2.45) is 0 Å². The largest absolute Gasteiger partial charge is 0.472 e. The van der Waals surface area contributed by atoms with Crippen LogP contribution in [0.2, 0.25) is 0 Å². The van der Waals surface area contributed by atoms with E-state index in [9.17, 15) is 50.0 Å². The van der Waals surface area contributed by atoms with Crippen molar-refractivity contribution in [1.82, 2.24) is 5.32 Å². The Bertz CT molecular complexity index is 1050. The standard InChI is InChI=1S/C44H86NO12P/c1-3-5-7-9-11-13-15-17-18-19-20-21-23-25-27-29-31-35(46)33-38(48)45-36(37(47)32-30-28-26-24-22-16-14-12-10-8-6-4-2)34-56-58(54,55)57-44-42(52)40(50)39(49)41(51)43(44)53/h20-21,35-37,39-44,46-47,49-53H,3-19,22-34H2,1-2H3,(H,45,48)(H,54,55)/b21-20-. The first-order valence-electron chi connectivity index (χ1n) is 23.2. The van der Waals surface area contributed by atoms with Crippen molar-refractivity contribution in [3.63, 3.8) is 0 Å². The van der Waals surface area contributed by atoms with Gasteiger partial charge in [-0.2, -0.15) is 0 Å². The lowest BCUT2D eigenvalue weighted by Crippen LogP contribution is -2.64. The molecule has 0 heterocycles. The van der Waals surface area contributed by atoms with E-state index in [1.54, 1.807) is 0 Å². The van der Waals surface area contributed by atoms with Crippen LogP contribution in [0.5, 0.6) is 0 Å². The second-order valence-electron chi connectivity index (χ2n) is 16.8. The van der Waals surface area contributed by atoms with E-state index >= 15 is 0 Å². The Kier molecular flexibility index (Phi) is 32.9. The number of phosphoric acid groups is 1. The number of carbonyl (C=O) groups is 1. The van der Waals surface area contributed by atoms with Crippen LogP contribution in [0.4, 0.5) is 0 Å². The molecule has 1 aliphatic carbocycles. The fourth-order valence-electron chi connectivity index (χ4n) is 7.53. The van der Waals surface area contributed by atoms with Crippen LogP contribution < -0.4 is 5.32 Å². The predicted molar refractivity (Wildman–Crippen MR) is 229 cm³/mol. The van der Waals surface area contributed by atoms with Crippen molar-refractivity contribution < 1.29 is 59.0 Å². The summed E-state index contributed by atoms with van der Waals surface area (Å²) in [6, 6.07) is -1.15. The van der Waals surface area contributed by atoms with E-state index in [1.165, 1.54) is 103 Å². The average molecular weight is 852 g/mol. The molecule has 1 rings (SSSR count). The van der Waals surface area contributed by atoms with Crippen molar-refractivity contribution in [2.75, 3.05) is 6.61 Å². The zero-order chi connectivity index (χ0) is 43.0. The molecule has 1 saturated carbocycles. The van der Waals surface area contributed by atoms with Gasteiger partial charge in [0.1, 0.15) is 36.6 Å². The average Bonchev–Trinajstić information content (AvgIpc) is 3.19. The predicted octanol–water partition coefficient (Wildman–Crippen LogP) is 7.42. The number of amides is 1. The van der Waals surface area contributed by atoms with Gasteiger partial charge < -0.3 is 46.0 Å². The molecular weight excluding hydrogens is 765 g/mol. The van der Waals surface area contributed by atoms with Crippen molar-refractivity contribution >= 4 is 13.7 Å². The highest BCUT2D eigenvalue weighted by molar-refractivity contribution is 7.47. The maximum absolute atomic E-state index is 13.0. The number of aliphatic hydroxyl groups is 7. The maximum atomic E-state index is 13.0. The molecule has 0 radical (unpaired) electrons. The molecule has 8 unspecified atom stereocenters. The highest BCUT2D eigenvalue weighted by Gasteiger charge is 2.51. The van der Waals surface area contributed by atoms with Crippen LogP contribution in [0.1, 0.15) is 200 Å². The van der Waals surface area contributed by atoms with Crippen molar-refractivity contribution in [2.45, 2.75) is 255 Å². The minimum atomic E-state index is -5.11. The second kappa shape index (κ2) is 34.6. The lowest BCUT2D eigenvalue weighted by atomic mass is 9.85. The summed E-state index contributed by atoms with van der Waals surface area (Å²) < 4.78 is 22.9. The quantitative estimate of drug-likeness (QED) is 0.0168. The van der Waals surface area contributed by atoms with Crippen molar-refractivity contribution in [1.29, 1.82) is 0 Å². The van der Waals surface area contributed by atoms with Gasteiger partial charge in [0, 0.05) is 0 Å². The number of phosphoric ester groups is 1. The Balaban J connectivity index is 2.52. The highest BCUT2D eigenvalue weighted by atomic mass is 31.2. The van der Waals surface area contributed by atoms with E-state index in [1.807, 2.05) is 0 Å². The van der Waals surface area contributed by atoms with E-state index in [-0.39, 0.29) is 12.8 Å². The summed E-state index contributed by atoms with van der Waals surface area (Å²) in [6.07, 6.45) is 21.2. The van der Waals surface area contributed by atoms with Crippen LogP contribution in [0.15, 0.2) is 12.2 Å². The van der Waals surface area contributed by atoms with E-state index in [0.717, 1.165) is 57.8 Å². The minimum absolute atomic E-state index is 0.230. The summed E-state index contributed by atoms with van der Waals surface area (Å²) in [5, 5.41) is 74.5. The van der Waals surface area contributed by atoms with Gasteiger partial charge in [-0.25, -0.2) is 4.57 Å². The minimum Gasteiger partial charge on any atom is -0.393 e. The molecule has 1 aliphatic rings. The second-order valence-corrected chi connectivity index (χ2v) is 18.2. The smallest absolute Gasteiger partial charge is 0.393 e. The molecule has 13 nitrogen and oxygen atoms in total. The van der Waals surface area contributed by atoms with Crippen LogP contribution >= 0.6 is 7.82 Å². The third kappa shape index (κ3) is 26.4. The van der Waals surface area contributed by atoms with Gasteiger partial charge in [-0.05, 0) is 38.5 Å². The van der Waals surface area contributed by atoms with Crippen LogP contribution in [0, 0.1) is 0 Å². The molecule has 1 fully saturated rings. The molecule has 9 N–H and O–H groups in total. The number of carbonyl (C=O) groups excluding carboxylic acids is 1. The van der Waals surface area contributed by atoms with Gasteiger partial charge in [0.2, 0.25) is 5.91 Å². The maximum Gasteiger partial charge on any atom is 0.472 e. The highest BCUT2D eigenvalue weighted by Crippen LogP contribution is 2.47. The molecule has 0 spiro atoms. The number of rotatable bonds is 38. The first kappa shape index (κ1) is 55.1. The molecule has 0 aliphatic heterocycles. The molecule has 8 atom stereocenters. The van der Waals surface area contributed by atoms with Gasteiger partial charge in [-0.1, -0.05) is 167 Å². The normalized spacial score (nSPS) is 23.8. The van der Waals surface area contributed by atoms with Crippen molar-refractivity contribution in [3.05, 3.63) is 12.2 Å². The van der Waals surface area contributed by atoms with Crippen molar-refractivity contribution in [3.8, 4) is 0 Å². The summed E-state index contributed by atoms with van der Waals surface area (Å²) in [6.45, 7) is 3.77. The summed E-state index contributed by atoms with van der Waals surface area (Å²) in [5.74, 6) is -0.568.